The van der Waals surface area contributed by atoms with Crippen molar-refractivity contribution in [1.82, 2.24) is 14.7 Å². The molecule has 1 aromatic heterocycles. The summed E-state index contributed by atoms with van der Waals surface area (Å²) < 4.78 is 14.5. The molecule has 1 atom stereocenters. The molecule has 1 fully saturated rings. The van der Waals surface area contributed by atoms with E-state index in [1.54, 1.807) is 0 Å². The summed E-state index contributed by atoms with van der Waals surface area (Å²) in [5.41, 5.74) is 1.11. The van der Waals surface area contributed by atoms with Crippen LogP contribution in [0.3, 0.4) is 0 Å². The fraction of sp³-hybridized carbons (Fsp3) is 0.714. The number of alkyl halides is 1. The second-order valence-electron chi connectivity index (χ2n) is 6.22. The molecule has 0 aromatic carbocycles. The summed E-state index contributed by atoms with van der Waals surface area (Å²) in [6, 6.07) is 2.25. The highest BCUT2D eigenvalue weighted by molar-refractivity contribution is 7.78. The summed E-state index contributed by atoms with van der Waals surface area (Å²) in [5, 5.41) is 6.91. The van der Waals surface area contributed by atoms with Gasteiger partial charge in [0.1, 0.15) is 6.67 Å². The van der Waals surface area contributed by atoms with Gasteiger partial charge in [0.05, 0.1) is 11.2 Å². The number of nitrogens with zero attached hydrogens (tertiary/aromatic N) is 4. The van der Waals surface area contributed by atoms with Crippen molar-refractivity contribution < 1.29 is 4.39 Å². The summed E-state index contributed by atoms with van der Waals surface area (Å²) >= 11 is 4.65. The Hall–Kier alpha value is -1.10. The zero-order valence-electron chi connectivity index (χ0n) is 12.3. The SMILES string of the molecule is CC(C)(C)c1cc(N=C=S)nn1[C@@H]1CCN(CCF)C1. The van der Waals surface area contributed by atoms with Gasteiger partial charge in [-0.1, -0.05) is 20.8 Å². The van der Waals surface area contributed by atoms with Gasteiger partial charge >= 0.3 is 0 Å². The Morgan fingerprint density at radius 1 is 1.55 bits per heavy atom. The van der Waals surface area contributed by atoms with Crippen LogP contribution in [0.5, 0.6) is 0 Å². The molecule has 1 saturated heterocycles. The largest absolute Gasteiger partial charge is 0.299 e. The van der Waals surface area contributed by atoms with E-state index in [0.29, 0.717) is 12.4 Å². The van der Waals surface area contributed by atoms with Crippen LogP contribution < -0.4 is 0 Å². The zero-order chi connectivity index (χ0) is 14.8. The van der Waals surface area contributed by atoms with E-state index < -0.39 is 0 Å². The van der Waals surface area contributed by atoms with Gasteiger partial charge in [0, 0.05) is 36.8 Å². The summed E-state index contributed by atoms with van der Waals surface area (Å²) in [6.45, 7) is 8.43. The smallest absolute Gasteiger partial charge is 0.184 e. The Labute approximate surface area is 124 Å². The van der Waals surface area contributed by atoms with Gasteiger partial charge in [-0.2, -0.15) is 10.1 Å². The molecule has 0 spiro atoms. The molecule has 1 aromatic rings. The molecule has 110 valence electrons. The Morgan fingerprint density at radius 3 is 2.90 bits per heavy atom. The van der Waals surface area contributed by atoms with Crippen LogP contribution in [0.2, 0.25) is 0 Å². The van der Waals surface area contributed by atoms with E-state index in [4.69, 9.17) is 0 Å². The fourth-order valence-corrected chi connectivity index (χ4v) is 2.75. The number of halogens is 1. The third-order valence-corrected chi connectivity index (χ3v) is 3.74. The molecule has 0 N–H and O–H groups in total. The van der Waals surface area contributed by atoms with Crippen LogP contribution in [0, 0.1) is 0 Å². The topological polar surface area (TPSA) is 33.4 Å². The lowest BCUT2D eigenvalue weighted by molar-refractivity contribution is 0.282. The number of thiocarbonyl (C=S) groups is 1. The van der Waals surface area contributed by atoms with Crippen LogP contribution in [-0.4, -0.2) is 46.2 Å². The third-order valence-electron chi connectivity index (χ3n) is 3.65. The normalized spacial score (nSPS) is 20.1. The van der Waals surface area contributed by atoms with Crippen molar-refractivity contribution in [1.29, 1.82) is 0 Å². The molecule has 4 nitrogen and oxygen atoms in total. The maximum absolute atomic E-state index is 12.4. The first-order chi connectivity index (χ1) is 9.45. The van der Waals surface area contributed by atoms with E-state index >= 15 is 0 Å². The average molecular weight is 296 g/mol. The van der Waals surface area contributed by atoms with E-state index in [1.165, 1.54) is 0 Å². The minimum Gasteiger partial charge on any atom is -0.299 e. The molecule has 2 rings (SSSR count). The van der Waals surface area contributed by atoms with Crippen molar-refractivity contribution in [3.63, 3.8) is 0 Å². The Balaban J connectivity index is 2.28. The Morgan fingerprint density at radius 2 is 2.30 bits per heavy atom. The molecule has 0 unspecified atom stereocenters. The molecule has 1 aliphatic rings. The summed E-state index contributed by atoms with van der Waals surface area (Å²) in [7, 11) is 0. The number of aromatic nitrogens is 2. The highest BCUT2D eigenvalue weighted by Crippen LogP contribution is 2.31. The highest BCUT2D eigenvalue weighted by atomic mass is 32.1. The van der Waals surface area contributed by atoms with Gasteiger partial charge in [0.2, 0.25) is 0 Å². The molecular weight excluding hydrogens is 275 g/mol. The van der Waals surface area contributed by atoms with Crippen LogP contribution in [0.4, 0.5) is 10.2 Å². The number of hydrogen-bond acceptors (Lipinski definition) is 4. The van der Waals surface area contributed by atoms with Gasteiger partial charge < -0.3 is 0 Å². The van der Waals surface area contributed by atoms with E-state index in [1.807, 2.05) is 10.7 Å². The third kappa shape index (κ3) is 3.32. The second-order valence-corrected chi connectivity index (χ2v) is 6.40. The lowest BCUT2D eigenvalue weighted by Gasteiger charge is -2.23. The first-order valence-corrected chi connectivity index (χ1v) is 7.32. The minimum absolute atomic E-state index is 0.0181. The summed E-state index contributed by atoms with van der Waals surface area (Å²) in [4.78, 5) is 6.13. The molecule has 0 amide bonds. The monoisotopic (exact) mass is 296 g/mol. The lowest BCUT2D eigenvalue weighted by Crippen LogP contribution is -2.26. The first kappa shape index (κ1) is 15.3. The van der Waals surface area contributed by atoms with Crippen molar-refractivity contribution in [2.75, 3.05) is 26.3 Å². The molecule has 1 aliphatic heterocycles. The second kappa shape index (κ2) is 6.12. The van der Waals surface area contributed by atoms with E-state index in [0.717, 1.165) is 25.2 Å². The van der Waals surface area contributed by atoms with Gasteiger partial charge in [-0.05, 0) is 18.6 Å². The molecule has 2 heterocycles. The van der Waals surface area contributed by atoms with E-state index in [-0.39, 0.29) is 18.1 Å². The average Bonchev–Trinajstić information content (AvgIpc) is 2.95. The molecule has 0 radical (unpaired) electrons. The van der Waals surface area contributed by atoms with E-state index in [9.17, 15) is 4.39 Å². The number of aliphatic imine (C=N–C) groups is 1. The van der Waals surface area contributed by atoms with Crippen LogP contribution in [0.1, 0.15) is 38.9 Å². The molecule has 6 heteroatoms. The number of likely N-dealkylation sites (tertiary alicyclic amines) is 1. The Bertz CT molecular complexity index is 514. The predicted molar refractivity (Wildman–Crippen MR) is 81.7 cm³/mol. The fourth-order valence-electron chi connectivity index (χ4n) is 2.66. The maximum Gasteiger partial charge on any atom is 0.184 e. The first-order valence-electron chi connectivity index (χ1n) is 6.92. The molecule has 0 saturated carbocycles. The predicted octanol–water partition coefficient (Wildman–Crippen LogP) is 3.13. The molecule has 0 aliphatic carbocycles. The molecule has 0 bridgehead atoms. The van der Waals surface area contributed by atoms with Crippen LogP contribution in [-0.2, 0) is 5.41 Å². The molecular formula is C14H21FN4S. The van der Waals surface area contributed by atoms with Crippen LogP contribution in [0.25, 0.3) is 0 Å². The standard InChI is InChI=1S/C14H21FN4S/c1-14(2,3)12-8-13(16-10-20)17-19(12)11-4-6-18(9-11)7-5-15/h8,11H,4-7,9H2,1-3H3/t11-/m1/s1. The summed E-state index contributed by atoms with van der Waals surface area (Å²) in [6.07, 6.45) is 0.992. The number of hydrogen-bond donors (Lipinski definition) is 0. The maximum atomic E-state index is 12.4. The van der Waals surface area contributed by atoms with Crippen molar-refractivity contribution >= 4 is 23.2 Å². The number of rotatable bonds is 4. The molecule has 20 heavy (non-hydrogen) atoms. The van der Waals surface area contributed by atoms with Crippen molar-refractivity contribution in [2.24, 2.45) is 4.99 Å². The number of isothiocyanates is 1. The van der Waals surface area contributed by atoms with Gasteiger partial charge in [-0.15, -0.1) is 0 Å². The van der Waals surface area contributed by atoms with Crippen molar-refractivity contribution in [3.05, 3.63) is 11.8 Å². The lowest BCUT2D eigenvalue weighted by atomic mass is 9.91. The van der Waals surface area contributed by atoms with Crippen molar-refractivity contribution in [2.45, 2.75) is 38.6 Å². The zero-order valence-corrected chi connectivity index (χ0v) is 13.1. The minimum atomic E-state index is -0.293. The highest BCUT2D eigenvalue weighted by Gasteiger charge is 2.29. The quantitative estimate of drug-likeness (QED) is 0.632. The van der Waals surface area contributed by atoms with Crippen LogP contribution in [0.15, 0.2) is 11.1 Å². The van der Waals surface area contributed by atoms with Crippen molar-refractivity contribution in [3.8, 4) is 0 Å². The van der Waals surface area contributed by atoms with Gasteiger partial charge in [-0.3, -0.25) is 9.58 Å². The summed E-state index contributed by atoms with van der Waals surface area (Å²) in [5.74, 6) is 0.605. The van der Waals surface area contributed by atoms with Gasteiger partial charge in [0.15, 0.2) is 5.82 Å². The Kier molecular flexibility index (Phi) is 4.68. The van der Waals surface area contributed by atoms with E-state index in [2.05, 4.69) is 53.1 Å². The van der Waals surface area contributed by atoms with Crippen LogP contribution >= 0.6 is 12.2 Å². The van der Waals surface area contributed by atoms with Gasteiger partial charge in [-0.25, -0.2) is 4.39 Å². The van der Waals surface area contributed by atoms with Gasteiger partial charge in [0.25, 0.3) is 0 Å².